The Morgan fingerprint density at radius 2 is 1.86 bits per heavy atom. The van der Waals surface area contributed by atoms with Crippen LogP contribution in [-0.4, -0.2) is 52.6 Å². The van der Waals surface area contributed by atoms with Crippen molar-refractivity contribution in [2.45, 2.75) is 77.3 Å². The number of rotatable bonds is 10. The van der Waals surface area contributed by atoms with E-state index in [1.165, 1.54) is 16.4 Å². The minimum Gasteiger partial charge on any atom is -0.489 e. The quantitative estimate of drug-likeness (QED) is 0.411. The summed E-state index contributed by atoms with van der Waals surface area (Å²) in [6, 6.07) is 6.51. The topological polar surface area (TPSA) is 106 Å². The van der Waals surface area contributed by atoms with Crippen molar-refractivity contribution < 1.29 is 17.9 Å². The number of fused-ring (bicyclic) bond motifs is 1. The Bertz CT molecular complexity index is 1370. The number of carbonyl (C=O) groups excluding carboxylic acids is 1. The van der Waals surface area contributed by atoms with E-state index in [0.717, 1.165) is 18.5 Å². The largest absolute Gasteiger partial charge is 0.489 e. The van der Waals surface area contributed by atoms with E-state index in [9.17, 15) is 13.2 Å². The van der Waals surface area contributed by atoms with Crippen LogP contribution in [0.15, 0.2) is 35.4 Å². The molecule has 0 unspecified atom stereocenters. The molecule has 36 heavy (non-hydrogen) atoms. The maximum atomic E-state index is 13.7. The van der Waals surface area contributed by atoms with Crippen molar-refractivity contribution in [2.75, 3.05) is 18.4 Å². The standard InChI is InChI=1S/C26H35N5O4S/c1-7-30(8-2)36(33,34)19-11-12-24(35-17(5)6)23(13-19)29-26(32)20-14-22(18-9-10-18)28-25-21(20)15-27-31(25)16(3)4/h11-18H,7-10H2,1-6H3,(H,29,32). The molecule has 4 rings (SSSR count). The lowest BCUT2D eigenvalue weighted by Gasteiger charge is -2.21. The van der Waals surface area contributed by atoms with Gasteiger partial charge in [0.1, 0.15) is 5.75 Å². The van der Waals surface area contributed by atoms with Crippen molar-refractivity contribution in [3.8, 4) is 5.75 Å². The molecule has 1 fully saturated rings. The molecule has 1 saturated carbocycles. The molecule has 9 nitrogen and oxygen atoms in total. The molecule has 2 heterocycles. The van der Waals surface area contributed by atoms with Gasteiger partial charge in [-0.15, -0.1) is 0 Å². The van der Waals surface area contributed by atoms with Crippen molar-refractivity contribution >= 4 is 32.7 Å². The predicted molar refractivity (Wildman–Crippen MR) is 140 cm³/mol. The van der Waals surface area contributed by atoms with E-state index in [4.69, 9.17) is 9.72 Å². The minimum atomic E-state index is -3.72. The maximum Gasteiger partial charge on any atom is 0.256 e. The molecule has 3 aromatic rings. The van der Waals surface area contributed by atoms with Gasteiger partial charge in [0.05, 0.1) is 33.8 Å². The summed E-state index contributed by atoms with van der Waals surface area (Å²) in [6.45, 7) is 12.1. The van der Waals surface area contributed by atoms with Gasteiger partial charge >= 0.3 is 0 Å². The van der Waals surface area contributed by atoms with Gasteiger partial charge in [-0.2, -0.15) is 9.40 Å². The van der Waals surface area contributed by atoms with Crippen LogP contribution in [0.1, 0.15) is 82.4 Å². The van der Waals surface area contributed by atoms with Crippen LogP contribution in [0.4, 0.5) is 5.69 Å². The highest BCUT2D eigenvalue weighted by atomic mass is 32.2. The van der Waals surface area contributed by atoms with E-state index < -0.39 is 10.0 Å². The molecule has 2 aromatic heterocycles. The van der Waals surface area contributed by atoms with E-state index >= 15 is 0 Å². The second kappa shape index (κ2) is 10.2. The lowest BCUT2D eigenvalue weighted by atomic mass is 10.1. The van der Waals surface area contributed by atoms with Gasteiger partial charge in [0.2, 0.25) is 10.0 Å². The number of anilines is 1. The number of pyridine rings is 1. The lowest BCUT2D eigenvalue weighted by molar-refractivity contribution is 0.102. The third-order valence-electron chi connectivity index (χ3n) is 6.22. The summed E-state index contributed by atoms with van der Waals surface area (Å²) in [7, 11) is -3.72. The Kier molecular flexibility index (Phi) is 7.38. The summed E-state index contributed by atoms with van der Waals surface area (Å²) in [5, 5.41) is 8.05. The van der Waals surface area contributed by atoms with Crippen LogP contribution >= 0.6 is 0 Å². The molecule has 1 amide bonds. The summed E-state index contributed by atoms with van der Waals surface area (Å²) in [6.07, 6.45) is 3.60. The minimum absolute atomic E-state index is 0.0911. The normalized spacial score (nSPS) is 14.2. The fourth-order valence-corrected chi connectivity index (χ4v) is 5.70. The van der Waals surface area contributed by atoms with Crippen molar-refractivity contribution in [2.24, 2.45) is 0 Å². The first-order valence-electron chi connectivity index (χ1n) is 12.6. The number of sulfonamides is 1. The number of amides is 1. The van der Waals surface area contributed by atoms with Gasteiger partial charge in [-0.25, -0.2) is 18.1 Å². The first kappa shape index (κ1) is 26.1. The average molecular weight is 514 g/mol. The molecule has 0 spiro atoms. The van der Waals surface area contributed by atoms with Crippen LogP contribution in [0.3, 0.4) is 0 Å². The van der Waals surface area contributed by atoms with Crippen LogP contribution in [0.25, 0.3) is 11.0 Å². The molecule has 1 aliphatic rings. The fourth-order valence-electron chi connectivity index (χ4n) is 4.22. The number of nitrogens with zero attached hydrogens (tertiary/aromatic N) is 4. The third kappa shape index (κ3) is 5.10. The van der Waals surface area contributed by atoms with Crippen molar-refractivity contribution in [3.63, 3.8) is 0 Å². The first-order chi connectivity index (χ1) is 17.1. The molecule has 0 radical (unpaired) electrons. The number of benzene rings is 1. The number of hydrogen-bond donors (Lipinski definition) is 1. The molecule has 1 aromatic carbocycles. The van der Waals surface area contributed by atoms with E-state index in [-0.39, 0.29) is 22.9 Å². The summed E-state index contributed by atoms with van der Waals surface area (Å²) < 4.78 is 35.4. The number of nitrogens with one attached hydrogen (secondary N) is 1. The Labute approximate surface area is 212 Å². The Morgan fingerprint density at radius 1 is 1.17 bits per heavy atom. The highest BCUT2D eigenvalue weighted by molar-refractivity contribution is 7.89. The second-order valence-corrected chi connectivity index (χ2v) is 11.6. The van der Waals surface area contributed by atoms with Crippen molar-refractivity contribution in [1.82, 2.24) is 19.1 Å². The zero-order chi connectivity index (χ0) is 26.2. The predicted octanol–water partition coefficient (Wildman–Crippen LogP) is 4.96. The van der Waals surface area contributed by atoms with Gasteiger partial charge in [-0.3, -0.25) is 4.79 Å². The van der Waals surface area contributed by atoms with Crippen LogP contribution in [0.2, 0.25) is 0 Å². The fraction of sp³-hybridized carbons (Fsp3) is 0.500. The lowest BCUT2D eigenvalue weighted by Crippen LogP contribution is -2.30. The number of ether oxygens (including phenoxy) is 1. The molecule has 10 heteroatoms. The van der Waals surface area contributed by atoms with Gasteiger partial charge in [-0.1, -0.05) is 13.8 Å². The molecule has 194 valence electrons. The van der Waals surface area contributed by atoms with Gasteiger partial charge in [0, 0.05) is 30.7 Å². The summed E-state index contributed by atoms with van der Waals surface area (Å²) in [4.78, 5) is 18.6. The monoisotopic (exact) mass is 513 g/mol. The third-order valence-corrected chi connectivity index (χ3v) is 8.27. The zero-order valence-electron chi connectivity index (χ0n) is 21.8. The van der Waals surface area contributed by atoms with Crippen LogP contribution in [-0.2, 0) is 10.0 Å². The molecule has 0 atom stereocenters. The van der Waals surface area contributed by atoms with E-state index in [0.29, 0.717) is 47.0 Å². The summed E-state index contributed by atoms with van der Waals surface area (Å²) >= 11 is 0. The van der Waals surface area contributed by atoms with Crippen molar-refractivity contribution in [1.29, 1.82) is 0 Å². The van der Waals surface area contributed by atoms with E-state index in [2.05, 4.69) is 10.4 Å². The van der Waals surface area contributed by atoms with Crippen LogP contribution in [0, 0.1) is 0 Å². The van der Waals surface area contributed by atoms with Gasteiger partial charge in [-0.05, 0) is 64.8 Å². The summed E-state index contributed by atoms with van der Waals surface area (Å²) in [5.41, 5.74) is 2.32. The zero-order valence-corrected chi connectivity index (χ0v) is 22.6. The van der Waals surface area contributed by atoms with Gasteiger partial charge in [0.15, 0.2) is 5.65 Å². The average Bonchev–Trinajstić information content (AvgIpc) is 3.58. The molecular weight excluding hydrogens is 478 g/mol. The number of carbonyl (C=O) groups is 1. The SMILES string of the molecule is CCN(CC)S(=O)(=O)c1ccc(OC(C)C)c(NC(=O)c2cc(C3CC3)nc3c2cnn3C(C)C)c1. The highest BCUT2D eigenvalue weighted by Crippen LogP contribution is 2.40. The Hall–Kier alpha value is -2.98. The molecular formula is C26H35N5O4S. The van der Waals surface area contributed by atoms with E-state index in [1.54, 1.807) is 26.1 Å². The first-order valence-corrected chi connectivity index (χ1v) is 14.0. The Balaban J connectivity index is 1.78. The Morgan fingerprint density at radius 3 is 2.44 bits per heavy atom. The number of hydrogen-bond acceptors (Lipinski definition) is 6. The van der Waals surface area contributed by atoms with Crippen LogP contribution in [0.5, 0.6) is 5.75 Å². The molecule has 0 saturated heterocycles. The van der Waals surface area contributed by atoms with Crippen LogP contribution < -0.4 is 10.1 Å². The molecule has 0 bridgehead atoms. The smallest absolute Gasteiger partial charge is 0.256 e. The second-order valence-electron chi connectivity index (χ2n) is 9.66. The molecule has 1 aliphatic carbocycles. The molecule has 0 aliphatic heterocycles. The van der Waals surface area contributed by atoms with Gasteiger partial charge < -0.3 is 10.1 Å². The van der Waals surface area contributed by atoms with E-state index in [1.807, 2.05) is 38.4 Å². The maximum absolute atomic E-state index is 13.7. The number of aromatic nitrogens is 3. The summed E-state index contributed by atoms with van der Waals surface area (Å²) in [5.74, 6) is 0.389. The van der Waals surface area contributed by atoms with Crippen molar-refractivity contribution in [3.05, 3.63) is 41.7 Å². The molecule has 1 N–H and O–H groups in total. The highest BCUT2D eigenvalue weighted by Gasteiger charge is 2.29. The van der Waals surface area contributed by atoms with Gasteiger partial charge in [0.25, 0.3) is 5.91 Å².